The molecule has 2 aromatic rings. The number of aromatic nitrogens is 2. The van der Waals surface area contributed by atoms with E-state index >= 15 is 0 Å². The second kappa shape index (κ2) is 5.05. The van der Waals surface area contributed by atoms with Crippen LogP contribution < -0.4 is 5.32 Å². The maximum absolute atomic E-state index is 13.1. The van der Waals surface area contributed by atoms with Gasteiger partial charge in [-0.3, -0.25) is 5.10 Å². The van der Waals surface area contributed by atoms with Gasteiger partial charge in [0.05, 0.1) is 11.9 Å². The third-order valence-corrected chi connectivity index (χ3v) is 2.49. The maximum Gasteiger partial charge on any atom is 0.159 e. The highest BCUT2D eigenvalue weighted by atomic mass is 19.2. The first-order chi connectivity index (χ1) is 8.22. The van der Waals surface area contributed by atoms with Gasteiger partial charge < -0.3 is 5.32 Å². The number of aromatic amines is 1. The van der Waals surface area contributed by atoms with Crippen LogP contribution in [0.4, 0.5) is 8.78 Å². The van der Waals surface area contributed by atoms with E-state index in [4.69, 9.17) is 0 Å². The highest BCUT2D eigenvalue weighted by Crippen LogP contribution is 2.22. The lowest BCUT2D eigenvalue weighted by Gasteiger charge is -2.04. The average molecular weight is 237 g/mol. The molecule has 1 aromatic carbocycles. The van der Waals surface area contributed by atoms with Crippen LogP contribution in [0, 0.1) is 11.6 Å². The van der Waals surface area contributed by atoms with Crippen molar-refractivity contribution in [3.63, 3.8) is 0 Å². The highest BCUT2D eigenvalue weighted by molar-refractivity contribution is 5.62. The van der Waals surface area contributed by atoms with Crippen molar-refractivity contribution in [1.29, 1.82) is 0 Å². The predicted molar refractivity (Wildman–Crippen MR) is 61.3 cm³/mol. The molecule has 0 atom stereocenters. The molecule has 17 heavy (non-hydrogen) atoms. The number of hydrogen-bond donors (Lipinski definition) is 2. The molecule has 0 aliphatic carbocycles. The van der Waals surface area contributed by atoms with Gasteiger partial charge in [-0.2, -0.15) is 5.10 Å². The summed E-state index contributed by atoms with van der Waals surface area (Å²) in [5.74, 6) is -1.70. The van der Waals surface area contributed by atoms with Crippen LogP contribution in [0.1, 0.15) is 12.5 Å². The van der Waals surface area contributed by atoms with Gasteiger partial charge in [0.2, 0.25) is 0 Å². The maximum atomic E-state index is 13.1. The zero-order valence-corrected chi connectivity index (χ0v) is 9.43. The van der Waals surface area contributed by atoms with Crippen LogP contribution in [-0.2, 0) is 6.54 Å². The third kappa shape index (κ3) is 2.50. The molecule has 0 aliphatic rings. The Balaban J connectivity index is 2.32. The largest absolute Gasteiger partial charge is 0.313 e. The minimum Gasteiger partial charge on any atom is -0.313 e. The van der Waals surface area contributed by atoms with Crippen LogP contribution in [0.25, 0.3) is 11.3 Å². The molecule has 1 aromatic heterocycles. The molecular formula is C12H13F2N3. The van der Waals surface area contributed by atoms with Gasteiger partial charge in [-0.1, -0.05) is 6.92 Å². The summed E-state index contributed by atoms with van der Waals surface area (Å²) < 4.78 is 26.0. The summed E-state index contributed by atoms with van der Waals surface area (Å²) in [6.45, 7) is 3.47. The van der Waals surface area contributed by atoms with Gasteiger partial charge in [-0.05, 0) is 24.7 Å². The number of benzene rings is 1. The number of nitrogens with one attached hydrogen (secondary N) is 2. The zero-order chi connectivity index (χ0) is 12.3. The summed E-state index contributed by atoms with van der Waals surface area (Å²) in [6, 6.07) is 3.81. The molecule has 0 saturated heterocycles. The topological polar surface area (TPSA) is 40.7 Å². The summed E-state index contributed by atoms with van der Waals surface area (Å²) in [6.07, 6.45) is 1.68. The van der Waals surface area contributed by atoms with E-state index in [1.54, 1.807) is 6.20 Å². The van der Waals surface area contributed by atoms with Gasteiger partial charge in [0.1, 0.15) is 0 Å². The van der Waals surface area contributed by atoms with E-state index in [0.717, 1.165) is 24.2 Å². The smallest absolute Gasteiger partial charge is 0.159 e. The molecule has 0 spiro atoms. The monoisotopic (exact) mass is 237 g/mol. The fourth-order valence-electron chi connectivity index (χ4n) is 1.61. The van der Waals surface area contributed by atoms with Crippen molar-refractivity contribution in [2.75, 3.05) is 6.54 Å². The normalized spacial score (nSPS) is 10.8. The minimum absolute atomic E-state index is 0.592. The summed E-state index contributed by atoms with van der Waals surface area (Å²) in [5, 5.41) is 9.88. The molecule has 3 nitrogen and oxygen atoms in total. The predicted octanol–water partition coefficient (Wildman–Crippen LogP) is 2.46. The number of H-pyrrole nitrogens is 1. The standard InChI is InChI=1S/C12H13F2N3/c1-2-15-6-9-7-16-17-12(9)8-3-4-10(13)11(14)5-8/h3-5,7,15H,2,6H2,1H3,(H,16,17). The zero-order valence-electron chi connectivity index (χ0n) is 9.43. The lowest BCUT2D eigenvalue weighted by Crippen LogP contribution is -2.11. The molecule has 0 aliphatic heterocycles. The minimum atomic E-state index is -0.855. The Labute approximate surface area is 97.9 Å². The summed E-state index contributed by atoms with van der Waals surface area (Å²) in [7, 11) is 0. The van der Waals surface area contributed by atoms with Gasteiger partial charge >= 0.3 is 0 Å². The second-order valence-electron chi connectivity index (χ2n) is 3.68. The van der Waals surface area contributed by atoms with E-state index in [9.17, 15) is 8.78 Å². The van der Waals surface area contributed by atoms with Crippen molar-refractivity contribution in [1.82, 2.24) is 15.5 Å². The SMILES string of the molecule is CCNCc1cn[nH]c1-c1ccc(F)c(F)c1. The molecule has 0 bridgehead atoms. The number of halogens is 2. The fourth-order valence-corrected chi connectivity index (χ4v) is 1.61. The van der Waals surface area contributed by atoms with Crippen molar-refractivity contribution < 1.29 is 8.78 Å². The van der Waals surface area contributed by atoms with E-state index in [1.807, 2.05) is 6.92 Å². The number of nitrogens with zero attached hydrogens (tertiary/aromatic N) is 1. The van der Waals surface area contributed by atoms with Gasteiger partial charge in [0, 0.05) is 17.7 Å². The van der Waals surface area contributed by atoms with Crippen LogP contribution in [0.2, 0.25) is 0 Å². The Hall–Kier alpha value is -1.75. The Morgan fingerprint density at radius 3 is 2.82 bits per heavy atom. The molecule has 0 fully saturated rings. The molecule has 0 unspecified atom stereocenters. The summed E-state index contributed by atoms with van der Waals surface area (Å²) in [5.41, 5.74) is 2.23. The van der Waals surface area contributed by atoms with E-state index in [2.05, 4.69) is 15.5 Å². The Kier molecular flexibility index (Phi) is 3.49. The number of rotatable bonds is 4. The van der Waals surface area contributed by atoms with E-state index < -0.39 is 11.6 Å². The van der Waals surface area contributed by atoms with Crippen LogP contribution >= 0.6 is 0 Å². The van der Waals surface area contributed by atoms with Crippen molar-refractivity contribution in [3.05, 3.63) is 41.6 Å². The molecule has 0 radical (unpaired) electrons. The quantitative estimate of drug-likeness (QED) is 0.857. The Morgan fingerprint density at radius 1 is 1.29 bits per heavy atom. The van der Waals surface area contributed by atoms with Crippen LogP contribution in [0.5, 0.6) is 0 Å². The van der Waals surface area contributed by atoms with Crippen LogP contribution in [0.15, 0.2) is 24.4 Å². The molecule has 0 saturated carbocycles. The van der Waals surface area contributed by atoms with Crippen molar-refractivity contribution in [2.24, 2.45) is 0 Å². The van der Waals surface area contributed by atoms with Gasteiger partial charge in [0.25, 0.3) is 0 Å². The summed E-state index contributed by atoms with van der Waals surface area (Å²) >= 11 is 0. The fraction of sp³-hybridized carbons (Fsp3) is 0.250. The van der Waals surface area contributed by atoms with E-state index in [1.165, 1.54) is 6.07 Å². The van der Waals surface area contributed by atoms with Crippen LogP contribution in [-0.4, -0.2) is 16.7 Å². The molecule has 2 rings (SSSR count). The average Bonchev–Trinajstić information content (AvgIpc) is 2.78. The first-order valence-corrected chi connectivity index (χ1v) is 5.40. The van der Waals surface area contributed by atoms with E-state index in [0.29, 0.717) is 17.8 Å². The van der Waals surface area contributed by atoms with E-state index in [-0.39, 0.29) is 0 Å². The number of hydrogen-bond acceptors (Lipinski definition) is 2. The molecule has 1 heterocycles. The summed E-state index contributed by atoms with van der Waals surface area (Å²) in [4.78, 5) is 0. The van der Waals surface area contributed by atoms with Crippen molar-refractivity contribution >= 4 is 0 Å². The van der Waals surface area contributed by atoms with Gasteiger partial charge in [0.15, 0.2) is 11.6 Å². The molecule has 0 amide bonds. The van der Waals surface area contributed by atoms with Gasteiger partial charge in [-0.25, -0.2) is 8.78 Å². The Bertz CT molecular complexity index is 508. The third-order valence-electron chi connectivity index (χ3n) is 2.49. The van der Waals surface area contributed by atoms with Crippen molar-refractivity contribution in [3.8, 4) is 11.3 Å². The molecule has 90 valence electrons. The first kappa shape index (κ1) is 11.7. The van der Waals surface area contributed by atoms with Gasteiger partial charge in [-0.15, -0.1) is 0 Å². The lowest BCUT2D eigenvalue weighted by molar-refractivity contribution is 0.509. The molecule has 5 heteroatoms. The first-order valence-electron chi connectivity index (χ1n) is 5.40. The lowest BCUT2D eigenvalue weighted by atomic mass is 10.1. The second-order valence-corrected chi connectivity index (χ2v) is 3.68. The van der Waals surface area contributed by atoms with Crippen molar-refractivity contribution in [2.45, 2.75) is 13.5 Å². The van der Waals surface area contributed by atoms with Crippen LogP contribution in [0.3, 0.4) is 0 Å². The Morgan fingerprint density at radius 2 is 2.12 bits per heavy atom. The highest BCUT2D eigenvalue weighted by Gasteiger charge is 2.10. The molecular weight excluding hydrogens is 224 g/mol. The molecule has 2 N–H and O–H groups in total.